The number of carbonyl (C=O) groups is 1. The molecule has 3 aliphatic rings. The van der Waals surface area contributed by atoms with Crippen molar-refractivity contribution in [2.45, 2.75) is 50.0 Å². The normalized spacial score (nSPS) is 23.8. The zero-order chi connectivity index (χ0) is 21.9. The van der Waals surface area contributed by atoms with Gasteiger partial charge in [-0.1, -0.05) is 12.1 Å². The van der Waals surface area contributed by atoms with Gasteiger partial charge in [0.05, 0.1) is 28.6 Å². The van der Waals surface area contributed by atoms with Crippen LogP contribution in [0.4, 0.5) is 0 Å². The molecule has 3 aromatic rings. The quantitative estimate of drug-likeness (QED) is 0.654. The molecule has 1 N–H and O–H groups in total. The molecule has 32 heavy (non-hydrogen) atoms. The van der Waals surface area contributed by atoms with Crippen LogP contribution in [-0.4, -0.2) is 63.6 Å². The van der Waals surface area contributed by atoms with Crippen LogP contribution < -0.4 is 0 Å². The molecule has 1 saturated carbocycles. The molecule has 2 aromatic heterocycles. The molecule has 1 atom stereocenters. The number of sulfone groups is 1. The highest BCUT2D eigenvalue weighted by molar-refractivity contribution is 7.91. The van der Waals surface area contributed by atoms with Crippen LogP contribution in [-0.2, 0) is 9.84 Å². The predicted octanol–water partition coefficient (Wildman–Crippen LogP) is 3.02. The number of benzene rings is 1. The van der Waals surface area contributed by atoms with E-state index in [0.717, 1.165) is 48.2 Å². The highest BCUT2D eigenvalue weighted by Gasteiger charge is 2.37. The van der Waals surface area contributed by atoms with Crippen LogP contribution in [0.1, 0.15) is 72.0 Å². The van der Waals surface area contributed by atoms with Gasteiger partial charge in [-0.25, -0.2) is 13.4 Å². The molecule has 8 nitrogen and oxygen atoms in total. The standard InChI is InChI=1S/C23H27N5O3S/c29-23(20-13-21(15-5-6-15)28(26-20)17-9-12-32(30,31)14-17)27-10-7-16(8-11-27)22-24-18-3-1-2-4-19(18)25-22/h1-4,13,15-17H,5-12,14H2,(H,24,25). The van der Waals surface area contributed by atoms with Gasteiger partial charge in [-0.15, -0.1) is 0 Å². The molecule has 1 aromatic carbocycles. The molecule has 1 amide bonds. The van der Waals surface area contributed by atoms with Gasteiger partial charge in [0.1, 0.15) is 5.82 Å². The van der Waals surface area contributed by atoms with E-state index in [1.807, 2.05) is 39.9 Å². The van der Waals surface area contributed by atoms with Gasteiger partial charge in [-0.3, -0.25) is 9.48 Å². The van der Waals surface area contributed by atoms with Gasteiger partial charge in [-0.05, 0) is 50.3 Å². The van der Waals surface area contributed by atoms with Gasteiger partial charge < -0.3 is 9.88 Å². The van der Waals surface area contributed by atoms with Crippen molar-refractivity contribution in [1.29, 1.82) is 0 Å². The predicted molar refractivity (Wildman–Crippen MR) is 120 cm³/mol. The maximum atomic E-state index is 13.2. The zero-order valence-corrected chi connectivity index (χ0v) is 18.7. The number of nitrogens with zero attached hydrogens (tertiary/aromatic N) is 4. The maximum absolute atomic E-state index is 13.2. The van der Waals surface area contributed by atoms with Crippen LogP contribution >= 0.6 is 0 Å². The SMILES string of the molecule is O=C(c1cc(C2CC2)n(C2CCS(=O)(=O)C2)n1)N1CCC(c2nc3ccccc3[nH]2)CC1. The Morgan fingerprint density at radius 2 is 1.81 bits per heavy atom. The molecule has 168 valence electrons. The third kappa shape index (κ3) is 3.62. The molecule has 1 unspecified atom stereocenters. The van der Waals surface area contributed by atoms with Gasteiger partial charge in [0, 0.05) is 30.6 Å². The number of hydrogen-bond acceptors (Lipinski definition) is 5. The molecule has 9 heteroatoms. The molecule has 2 aliphatic heterocycles. The fourth-order valence-corrected chi connectivity index (χ4v) is 6.83. The van der Waals surface area contributed by atoms with E-state index >= 15 is 0 Å². The van der Waals surface area contributed by atoms with Gasteiger partial charge in [-0.2, -0.15) is 5.10 Å². The molecule has 0 bridgehead atoms. The molecule has 4 heterocycles. The van der Waals surface area contributed by atoms with Gasteiger partial charge in [0.25, 0.3) is 5.91 Å². The second-order valence-electron chi connectivity index (χ2n) is 9.44. The smallest absolute Gasteiger partial charge is 0.274 e. The summed E-state index contributed by atoms with van der Waals surface area (Å²) in [7, 11) is -3.00. The summed E-state index contributed by atoms with van der Waals surface area (Å²) in [6.07, 6.45) is 4.48. The lowest BCUT2D eigenvalue weighted by atomic mass is 9.96. The van der Waals surface area contributed by atoms with Crippen LogP contribution in [0.5, 0.6) is 0 Å². The number of hydrogen-bond donors (Lipinski definition) is 1. The van der Waals surface area contributed by atoms with Crippen molar-refractivity contribution < 1.29 is 13.2 Å². The van der Waals surface area contributed by atoms with E-state index < -0.39 is 9.84 Å². The molecule has 2 saturated heterocycles. The minimum absolute atomic E-state index is 0.0467. The van der Waals surface area contributed by atoms with Crippen molar-refractivity contribution in [3.05, 3.63) is 47.5 Å². The summed E-state index contributed by atoms with van der Waals surface area (Å²) < 4.78 is 25.8. The first-order valence-corrected chi connectivity index (χ1v) is 13.3. The van der Waals surface area contributed by atoms with E-state index in [9.17, 15) is 13.2 Å². The molecule has 1 aliphatic carbocycles. The molecule has 3 fully saturated rings. The second kappa shape index (κ2) is 7.43. The first-order chi connectivity index (χ1) is 15.5. The number of likely N-dealkylation sites (tertiary alicyclic amines) is 1. The molecule has 0 spiro atoms. The zero-order valence-electron chi connectivity index (χ0n) is 17.9. The van der Waals surface area contributed by atoms with E-state index in [1.165, 1.54) is 0 Å². The Balaban J connectivity index is 1.17. The molecule has 0 radical (unpaired) electrons. The number of imidazole rings is 1. The van der Waals surface area contributed by atoms with Crippen molar-refractivity contribution in [2.24, 2.45) is 0 Å². The minimum Gasteiger partial charge on any atom is -0.342 e. The number of amides is 1. The Morgan fingerprint density at radius 1 is 1.03 bits per heavy atom. The summed E-state index contributed by atoms with van der Waals surface area (Å²) >= 11 is 0. The van der Waals surface area contributed by atoms with Crippen molar-refractivity contribution in [3.8, 4) is 0 Å². The van der Waals surface area contributed by atoms with Crippen molar-refractivity contribution >= 4 is 26.8 Å². The van der Waals surface area contributed by atoms with E-state index in [-0.39, 0.29) is 23.5 Å². The largest absolute Gasteiger partial charge is 0.342 e. The number of fused-ring (bicyclic) bond motifs is 1. The maximum Gasteiger partial charge on any atom is 0.274 e. The Hall–Kier alpha value is -2.68. The molecular formula is C23H27N5O3S. The van der Waals surface area contributed by atoms with Crippen LogP contribution in [0.3, 0.4) is 0 Å². The summed E-state index contributed by atoms with van der Waals surface area (Å²) in [5.74, 6) is 2.02. The van der Waals surface area contributed by atoms with E-state index in [1.54, 1.807) is 0 Å². The summed E-state index contributed by atoms with van der Waals surface area (Å²) in [6.45, 7) is 1.34. The summed E-state index contributed by atoms with van der Waals surface area (Å²) in [5, 5.41) is 4.64. The average molecular weight is 454 g/mol. The fraction of sp³-hybridized carbons (Fsp3) is 0.522. The van der Waals surface area contributed by atoms with Gasteiger partial charge in [0.15, 0.2) is 15.5 Å². The van der Waals surface area contributed by atoms with E-state index in [4.69, 9.17) is 4.98 Å². The molecular weight excluding hydrogens is 426 g/mol. The van der Waals surface area contributed by atoms with Crippen LogP contribution in [0.2, 0.25) is 0 Å². The van der Waals surface area contributed by atoms with Gasteiger partial charge >= 0.3 is 0 Å². The van der Waals surface area contributed by atoms with Crippen molar-refractivity contribution in [3.63, 3.8) is 0 Å². The number of aromatic nitrogens is 4. The summed E-state index contributed by atoms with van der Waals surface area (Å²) in [5.41, 5.74) is 3.52. The topological polar surface area (TPSA) is 101 Å². The monoisotopic (exact) mass is 453 g/mol. The third-order valence-electron chi connectivity index (χ3n) is 7.11. The Labute approximate surface area is 186 Å². The lowest BCUT2D eigenvalue weighted by Crippen LogP contribution is -2.38. The number of piperidine rings is 1. The molecule has 6 rings (SSSR count). The van der Waals surface area contributed by atoms with E-state index in [0.29, 0.717) is 37.0 Å². The van der Waals surface area contributed by atoms with E-state index in [2.05, 4.69) is 10.1 Å². The van der Waals surface area contributed by atoms with Gasteiger partial charge in [0.2, 0.25) is 0 Å². The minimum atomic E-state index is -3.00. The summed E-state index contributed by atoms with van der Waals surface area (Å²) in [4.78, 5) is 23.3. The van der Waals surface area contributed by atoms with Crippen molar-refractivity contribution in [2.75, 3.05) is 24.6 Å². The number of carbonyl (C=O) groups excluding carboxylic acids is 1. The van der Waals surface area contributed by atoms with Crippen LogP contribution in [0.15, 0.2) is 30.3 Å². The number of rotatable bonds is 4. The Kier molecular flexibility index (Phi) is 4.64. The number of para-hydroxylation sites is 2. The third-order valence-corrected chi connectivity index (χ3v) is 8.86. The van der Waals surface area contributed by atoms with Crippen LogP contribution in [0.25, 0.3) is 11.0 Å². The first kappa shape index (κ1) is 20.0. The first-order valence-electron chi connectivity index (χ1n) is 11.5. The highest BCUT2D eigenvalue weighted by atomic mass is 32.2. The number of H-pyrrole nitrogens is 1. The van der Waals surface area contributed by atoms with Crippen molar-refractivity contribution in [1.82, 2.24) is 24.6 Å². The average Bonchev–Trinajstić information content (AvgIpc) is 3.23. The lowest BCUT2D eigenvalue weighted by Gasteiger charge is -2.30. The lowest BCUT2D eigenvalue weighted by molar-refractivity contribution is 0.0704. The summed E-state index contributed by atoms with van der Waals surface area (Å²) in [6, 6.07) is 9.81. The number of nitrogens with one attached hydrogen (secondary N) is 1. The Bertz CT molecular complexity index is 1250. The Morgan fingerprint density at radius 3 is 2.50 bits per heavy atom. The fourth-order valence-electron chi connectivity index (χ4n) is 5.14. The highest BCUT2D eigenvalue weighted by Crippen LogP contribution is 2.42. The number of aromatic amines is 1. The van der Waals surface area contributed by atoms with Crippen LogP contribution in [0, 0.1) is 0 Å². The second-order valence-corrected chi connectivity index (χ2v) is 11.7.